The third-order valence-corrected chi connectivity index (χ3v) is 2.59. The van der Waals surface area contributed by atoms with E-state index in [9.17, 15) is 4.79 Å². The topological polar surface area (TPSA) is 59.6 Å². The highest BCUT2D eigenvalue weighted by Crippen LogP contribution is 2.15. The van der Waals surface area contributed by atoms with Crippen LogP contribution in [0.25, 0.3) is 0 Å². The summed E-state index contributed by atoms with van der Waals surface area (Å²) in [5.41, 5.74) is 0. The number of ether oxygens (including phenoxy) is 2. The smallest absolute Gasteiger partial charge is 0.314 e. The summed E-state index contributed by atoms with van der Waals surface area (Å²) in [6, 6.07) is 7.32. The Morgan fingerprint density at radius 3 is 2.39 bits per heavy atom. The molecule has 100 valence electrons. The van der Waals surface area contributed by atoms with Gasteiger partial charge in [0.2, 0.25) is 0 Å². The van der Waals surface area contributed by atoms with Crippen molar-refractivity contribution in [3.05, 3.63) is 28.7 Å². The molecule has 0 atom stereocenters. The minimum absolute atomic E-state index is 0.216. The number of benzene rings is 1. The molecule has 0 aliphatic heterocycles. The number of urea groups is 1. The number of amides is 2. The van der Waals surface area contributed by atoms with Crippen molar-refractivity contribution >= 4 is 22.0 Å². The summed E-state index contributed by atoms with van der Waals surface area (Å²) >= 11 is 3.35. The Hall–Kier alpha value is -1.27. The summed E-state index contributed by atoms with van der Waals surface area (Å²) < 4.78 is 11.3. The van der Waals surface area contributed by atoms with E-state index in [1.807, 2.05) is 24.3 Å². The van der Waals surface area contributed by atoms with Gasteiger partial charge in [-0.3, -0.25) is 0 Å². The van der Waals surface area contributed by atoms with E-state index in [1.54, 1.807) is 7.11 Å². The minimum atomic E-state index is -0.216. The van der Waals surface area contributed by atoms with E-state index in [0.29, 0.717) is 26.3 Å². The van der Waals surface area contributed by atoms with Crippen LogP contribution in [0.2, 0.25) is 0 Å². The zero-order valence-corrected chi connectivity index (χ0v) is 11.8. The normalized spacial score (nSPS) is 9.89. The van der Waals surface area contributed by atoms with Crippen LogP contribution < -0.4 is 15.4 Å². The maximum atomic E-state index is 11.2. The second-order valence-corrected chi connectivity index (χ2v) is 4.39. The summed E-state index contributed by atoms with van der Waals surface area (Å²) in [6.07, 6.45) is 0. The first-order valence-corrected chi connectivity index (χ1v) is 6.40. The number of methoxy groups -OCH3 is 1. The highest BCUT2D eigenvalue weighted by molar-refractivity contribution is 9.10. The van der Waals surface area contributed by atoms with E-state index in [1.165, 1.54) is 0 Å². The SMILES string of the molecule is COCCNC(=O)NCCOc1ccc(Br)cc1. The molecule has 0 saturated heterocycles. The monoisotopic (exact) mass is 316 g/mol. The van der Waals surface area contributed by atoms with E-state index in [2.05, 4.69) is 26.6 Å². The van der Waals surface area contributed by atoms with E-state index < -0.39 is 0 Å². The molecule has 1 aromatic carbocycles. The van der Waals surface area contributed by atoms with E-state index in [0.717, 1.165) is 10.2 Å². The van der Waals surface area contributed by atoms with Crippen molar-refractivity contribution in [2.75, 3.05) is 33.4 Å². The second kappa shape index (κ2) is 8.77. The number of halogens is 1. The lowest BCUT2D eigenvalue weighted by atomic mass is 10.3. The number of carbonyl (C=O) groups excluding carboxylic acids is 1. The quantitative estimate of drug-likeness (QED) is 0.754. The molecule has 0 fully saturated rings. The van der Waals surface area contributed by atoms with Gasteiger partial charge in [0.1, 0.15) is 12.4 Å². The molecular weight excluding hydrogens is 300 g/mol. The highest BCUT2D eigenvalue weighted by Gasteiger charge is 1.98. The van der Waals surface area contributed by atoms with Crippen LogP contribution in [-0.2, 0) is 4.74 Å². The van der Waals surface area contributed by atoms with Gasteiger partial charge in [-0.25, -0.2) is 4.79 Å². The van der Waals surface area contributed by atoms with Crippen molar-refractivity contribution in [3.8, 4) is 5.75 Å². The van der Waals surface area contributed by atoms with Gasteiger partial charge in [0, 0.05) is 18.1 Å². The molecule has 0 aliphatic carbocycles. The molecule has 0 aliphatic rings. The maximum absolute atomic E-state index is 11.2. The Morgan fingerprint density at radius 1 is 1.17 bits per heavy atom. The third-order valence-electron chi connectivity index (χ3n) is 2.06. The highest BCUT2D eigenvalue weighted by atomic mass is 79.9. The predicted octanol–water partition coefficient (Wildman–Crippen LogP) is 1.77. The summed E-state index contributed by atoms with van der Waals surface area (Å²) in [6.45, 7) is 1.88. The molecule has 0 bridgehead atoms. The predicted molar refractivity (Wildman–Crippen MR) is 72.9 cm³/mol. The molecule has 0 unspecified atom stereocenters. The van der Waals surface area contributed by atoms with Crippen LogP contribution >= 0.6 is 15.9 Å². The molecule has 0 aromatic heterocycles. The van der Waals surface area contributed by atoms with Gasteiger partial charge >= 0.3 is 6.03 Å². The van der Waals surface area contributed by atoms with Crippen LogP contribution in [0, 0.1) is 0 Å². The fourth-order valence-electron chi connectivity index (χ4n) is 1.19. The lowest BCUT2D eigenvalue weighted by Gasteiger charge is -2.08. The summed E-state index contributed by atoms with van der Waals surface area (Å²) in [7, 11) is 1.59. The van der Waals surface area contributed by atoms with Crippen molar-refractivity contribution in [2.45, 2.75) is 0 Å². The van der Waals surface area contributed by atoms with Gasteiger partial charge in [0.25, 0.3) is 0 Å². The zero-order chi connectivity index (χ0) is 13.2. The second-order valence-electron chi connectivity index (χ2n) is 3.48. The van der Waals surface area contributed by atoms with Gasteiger partial charge in [0.05, 0.1) is 13.2 Å². The Kier molecular flexibility index (Phi) is 7.20. The molecule has 0 saturated carbocycles. The maximum Gasteiger partial charge on any atom is 0.314 e. The Balaban J connectivity index is 2.07. The molecular formula is C12H17BrN2O3. The van der Waals surface area contributed by atoms with Gasteiger partial charge in [-0.1, -0.05) is 15.9 Å². The van der Waals surface area contributed by atoms with Crippen molar-refractivity contribution < 1.29 is 14.3 Å². The van der Waals surface area contributed by atoms with Crippen LogP contribution in [0.15, 0.2) is 28.7 Å². The molecule has 6 heteroatoms. The zero-order valence-electron chi connectivity index (χ0n) is 10.2. The van der Waals surface area contributed by atoms with Gasteiger partial charge in [0.15, 0.2) is 0 Å². The van der Waals surface area contributed by atoms with Gasteiger partial charge < -0.3 is 20.1 Å². The van der Waals surface area contributed by atoms with E-state index in [4.69, 9.17) is 9.47 Å². The molecule has 5 nitrogen and oxygen atoms in total. The van der Waals surface area contributed by atoms with Crippen molar-refractivity contribution in [1.29, 1.82) is 0 Å². The fraction of sp³-hybridized carbons (Fsp3) is 0.417. The number of rotatable bonds is 7. The summed E-state index contributed by atoms with van der Waals surface area (Å²) in [5.74, 6) is 0.778. The Bertz CT molecular complexity index is 357. The van der Waals surface area contributed by atoms with Crippen LogP contribution in [0.1, 0.15) is 0 Å². The van der Waals surface area contributed by atoms with Crippen LogP contribution in [0.3, 0.4) is 0 Å². The molecule has 0 heterocycles. The van der Waals surface area contributed by atoms with Crippen LogP contribution in [-0.4, -0.2) is 39.4 Å². The van der Waals surface area contributed by atoms with Crippen molar-refractivity contribution in [2.24, 2.45) is 0 Å². The largest absolute Gasteiger partial charge is 0.492 e. The van der Waals surface area contributed by atoms with E-state index in [-0.39, 0.29) is 6.03 Å². The lowest BCUT2D eigenvalue weighted by molar-refractivity contribution is 0.195. The lowest BCUT2D eigenvalue weighted by Crippen LogP contribution is -2.39. The number of nitrogens with one attached hydrogen (secondary N) is 2. The first-order valence-electron chi connectivity index (χ1n) is 5.61. The molecule has 0 radical (unpaired) electrons. The van der Waals surface area contributed by atoms with Crippen molar-refractivity contribution in [3.63, 3.8) is 0 Å². The number of carbonyl (C=O) groups is 1. The summed E-state index contributed by atoms with van der Waals surface area (Å²) in [5, 5.41) is 5.34. The van der Waals surface area contributed by atoms with Gasteiger partial charge in [-0.05, 0) is 24.3 Å². The third kappa shape index (κ3) is 6.46. The van der Waals surface area contributed by atoms with Gasteiger partial charge in [-0.2, -0.15) is 0 Å². The first-order chi connectivity index (χ1) is 8.72. The number of hydrogen-bond acceptors (Lipinski definition) is 3. The molecule has 18 heavy (non-hydrogen) atoms. The van der Waals surface area contributed by atoms with Crippen molar-refractivity contribution in [1.82, 2.24) is 10.6 Å². The Labute approximate surface area is 115 Å². The average molecular weight is 317 g/mol. The molecule has 2 N–H and O–H groups in total. The Morgan fingerprint density at radius 2 is 1.78 bits per heavy atom. The van der Waals surface area contributed by atoms with Gasteiger partial charge in [-0.15, -0.1) is 0 Å². The standard InChI is InChI=1S/C12H17BrN2O3/c1-17-8-6-14-12(16)15-7-9-18-11-4-2-10(13)3-5-11/h2-5H,6-9H2,1H3,(H2,14,15,16). The molecule has 1 rings (SSSR count). The minimum Gasteiger partial charge on any atom is -0.492 e. The number of hydrogen-bond donors (Lipinski definition) is 2. The summed E-state index contributed by atoms with van der Waals surface area (Å²) in [4.78, 5) is 11.2. The van der Waals surface area contributed by atoms with Crippen LogP contribution in [0.5, 0.6) is 5.75 Å². The van der Waals surface area contributed by atoms with E-state index >= 15 is 0 Å². The first kappa shape index (κ1) is 14.8. The fourth-order valence-corrected chi connectivity index (χ4v) is 1.46. The molecule has 0 spiro atoms. The average Bonchev–Trinajstić information content (AvgIpc) is 2.37. The van der Waals surface area contributed by atoms with Crippen LogP contribution in [0.4, 0.5) is 4.79 Å². The molecule has 2 amide bonds. The molecule has 1 aromatic rings.